The Morgan fingerprint density at radius 2 is 1.59 bits per heavy atom. The van der Waals surface area contributed by atoms with Crippen LogP contribution in [0.25, 0.3) is 0 Å². The molecular formula is C24H21N3O2. The maximum absolute atomic E-state index is 12.8. The van der Waals surface area contributed by atoms with Gasteiger partial charge in [-0.05, 0) is 41.8 Å². The first kappa shape index (κ1) is 19.7. The highest BCUT2D eigenvalue weighted by atomic mass is 16.3. The van der Waals surface area contributed by atoms with Gasteiger partial charge in [0.2, 0.25) is 0 Å². The summed E-state index contributed by atoms with van der Waals surface area (Å²) in [7, 11) is 0. The number of phenols is 1. The molecule has 0 aromatic heterocycles. The molecule has 0 spiro atoms. The molecule has 0 saturated heterocycles. The molecule has 0 aliphatic carbocycles. The van der Waals surface area contributed by atoms with Crippen LogP contribution >= 0.6 is 0 Å². The van der Waals surface area contributed by atoms with E-state index in [1.165, 1.54) is 12.3 Å². The standard InChI is InChI=1S/C24H21N3O2/c1-17-14-21(28)12-13-22(17)26-16-20(15-25)24(29)27-23(18-8-4-2-5-9-18)19-10-6-3-7-11-19/h2-14,16,23,26,28H,1H3,(H,27,29)/b20-16-. The molecule has 0 atom stereocenters. The number of aromatic hydroxyl groups is 1. The number of hydrogen-bond acceptors (Lipinski definition) is 4. The molecule has 29 heavy (non-hydrogen) atoms. The molecule has 1 amide bonds. The van der Waals surface area contributed by atoms with Crippen LogP contribution in [-0.2, 0) is 4.79 Å². The molecule has 5 nitrogen and oxygen atoms in total. The number of benzene rings is 3. The molecule has 144 valence electrons. The second-order valence-electron chi connectivity index (χ2n) is 6.54. The van der Waals surface area contributed by atoms with E-state index in [1.54, 1.807) is 12.1 Å². The van der Waals surface area contributed by atoms with Crippen molar-refractivity contribution in [2.45, 2.75) is 13.0 Å². The van der Waals surface area contributed by atoms with Crippen molar-refractivity contribution in [3.8, 4) is 11.8 Å². The Balaban J connectivity index is 1.83. The number of nitrogens with zero attached hydrogens (tertiary/aromatic N) is 1. The van der Waals surface area contributed by atoms with Crippen LogP contribution in [-0.4, -0.2) is 11.0 Å². The third-order valence-electron chi connectivity index (χ3n) is 4.49. The first-order chi connectivity index (χ1) is 14.1. The molecule has 0 heterocycles. The molecular weight excluding hydrogens is 362 g/mol. The van der Waals surface area contributed by atoms with Crippen molar-refractivity contribution < 1.29 is 9.90 Å². The Hall–Kier alpha value is -4.04. The Morgan fingerprint density at radius 3 is 2.10 bits per heavy atom. The predicted molar refractivity (Wildman–Crippen MR) is 113 cm³/mol. The lowest BCUT2D eigenvalue weighted by Gasteiger charge is -2.19. The summed E-state index contributed by atoms with van der Waals surface area (Å²) in [5, 5.41) is 24.9. The van der Waals surface area contributed by atoms with Gasteiger partial charge in [0.05, 0.1) is 6.04 Å². The lowest BCUT2D eigenvalue weighted by molar-refractivity contribution is -0.117. The van der Waals surface area contributed by atoms with Crippen molar-refractivity contribution in [2.24, 2.45) is 0 Å². The average molecular weight is 383 g/mol. The normalized spacial score (nSPS) is 11.0. The van der Waals surface area contributed by atoms with E-state index in [0.29, 0.717) is 5.69 Å². The number of nitrogens with one attached hydrogen (secondary N) is 2. The van der Waals surface area contributed by atoms with Crippen LogP contribution in [0.5, 0.6) is 5.75 Å². The molecule has 0 unspecified atom stereocenters. The highest BCUT2D eigenvalue weighted by molar-refractivity contribution is 5.98. The highest BCUT2D eigenvalue weighted by Crippen LogP contribution is 2.23. The number of rotatable bonds is 6. The van der Waals surface area contributed by atoms with Crippen LogP contribution < -0.4 is 10.6 Å². The fraction of sp³-hybridized carbons (Fsp3) is 0.0833. The van der Waals surface area contributed by atoms with Crippen molar-refractivity contribution in [1.82, 2.24) is 5.32 Å². The average Bonchev–Trinajstić information content (AvgIpc) is 2.75. The van der Waals surface area contributed by atoms with Gasteiger partial charge in [0.15, 0.2) is 0 Å². The van der Waals surface area contributed by atoms with Gasteiger partial charge in [-0.2, -0.15) is 5.26 Å². The molecule has 0 bridgehead atoms. The molecule has 3 aromatic carbocycles. The van der Waals surface area contributed by atoms with E-state index < -0.39 is 5.91 Å². The molecule has 3 aromatic rings. The molecule has 3 rings (SSSR count). The zero-order valence-electron chi connectivity index (χ0n) is 16.0. The molecule has 0 saturated carbocycles. The SMILES string of the molecule is Cc1cc(O)ccc1N/C=C(/C#N)C(=O)NC(c1ccccc1)c1ccccc1. The number of anilines is 1. The van der Waals surface area contributed by atoms with E-state index in [4.69, 9.17) is 0 Å². The van der Waals surface area contributed by atoms with Crippen molar-refractivity contribution >= 4 is 11.6 Å². The lowest BCUT2D eigenvalue weighted by Crippen LogP contribution is -2.30. The van der Waals surface area contributed by atoms with Gasteiger partial charge < -0.3 is 15.7 Å². The third kappa shape index (κ3) is 5.02. The van der Waals surface area contributed by atoms with Crippen molar-refractivity contribution in [2.75, 3.05) is 5.32 Å². The van der Waals surface area contributed by atoms with E-state index in [-0.39, 0.29) is 17.4 Å². The molecule has 3 N–H and O–H groups in total. The van der Waals surface area contributed by atoms with Crippen molar-refractivity contribution in [3.63, 3.8) is 0 Å². The van der Waals surface area contributed by atoms with Crippen LogP contribution in [0.4, 0.5) is 5.69 Å². The fourth-order valence-electron chi connectivity index (χ4n) is 2.97. The highest BCUT2D eigenvalue weighted by Gasteiger charge is 2.19. The maximum Gasteiger partial charge on any atom is 0.264 e. The summed E-state index contributed by atoms with van der Waals surface area (Å²) >= 11 is 0. The van der Waals surface area contributed by atoms with Gasteiger partial charge in [0.1, 0.15) is 17.4 Å². The summed E-state index contributed by atoms with van der Waals surface area (Å²) in [6, 6.07) is 25.6. The number of nitriles is 1. The molecule has 5 heteroatoms. The number of phenolic OH excluding ortho intramolecular Hbond substituents is 1. The van der Waals surface area contributed by atoms with E-state index in [9.17, 15) is 15.2 Å². The Bertz CT molecular complexity index is 1010. The smallest absolute Gasteiger partial charge is 0.264 e. The van der Waals surface area contributed by atoms with Crippen molar-refractivity contribution in [1.29, 1.82) is 5.26 Å². The number of carbonyl (C=O) groups is 1. The molecule has 0 aliphatic heterocycles. The van der Waals surface area contributed by atoms with Gasteiger partial charge in [0, 0.05) is 11.9 Å². The number of hydrogen-bond donors (Lipinski definition) is 3. The third-order valence-corrected chi connectivity index (χ3v) is 4.49. The summed E-state index contributed by atoms with van der Waals surface area (Å²) in [4.78, 5) is 12.8. The second-order valence-corrected chi connectivity index (χ2v) is 6.54. The summed E-state index contributed by atoms with van der Waals surface area (Å²) in [6.45, 7) is 1.82. The lowest BCUT2D eigenvalue weighted by atomic mass is 9.98. The molecule has 0 fully saturated rings. The monoisotopic (exact) mass is 383 g/mol. The minimum absolute atomic E-state index is 0.0469. The topological polar surface area (TPSA) is 85.2 Å². The van der Waals surface area contributed by atoms with E-state index in [0.717, 1.165) is 16.7 Å². The summed E-state index contributed by atoms with van der Waals surface area (Å²) in [5.74, 6) is -0.321. The van der Waals surface area contributed by atoms with Crippen molar-refractivity contribution in [3.05, 3.63) is 107 Å². The zero-order chi connectivity index (χ0) is 20.6. The van der Waals surface area contributed by atoms with Gasteiger partial charge in [-0.3, -0.25) is 4.79 Å². The largest absolute Gasteiger partial charge is 0.508 e. The molecule has 0 aliphatic rings. The summed E-state index contributed by atoms with van der Waals surface area (Å²) < 4.78 is 0. The van der Waals surface area contributed by atoms with E-state index in [2.05, 4.69) is 10.6 Å². The van der Waals surface area contributed by atoms with Crippen LogP contribution in [0.15, 0.2) is 90.6 Å². The van der Waals surface area contributed by atoms with Crippen LogP contribution in [0.2, 0.25) is 0 Å². The Kier molecular flexibility index (Phi) is 6.29. The van der Waals surface area contributed by atoms with Gasteiger partial charge in [-0.15, -0.1) is 0 Å². The maximum atomic E-state index is 12.8. The quantitative estimate of drug-likeness (QED) is 0.334. The fourth-order valence-corrected chi connectivity index (χ4v) is 2.97. The van der Waals surface area contributed by atoms with Gasteiger partial charge >= 0.3 is 0 Å². The summed E-state index contributed by atoms with van der Waals surface area (Å²) in [6.07, 6.45) is 1.38. The minimum atomic E-state index is -0.478. The number of aryl methyl sites for hydroxylation is 1. The van der Waals surface area contributed by atoms with E-state index >= 15 is 0 Å². The van der Waals surface area contributed by atoms with Gasteiger partial charge in [-0.25, -0.2) is 0 Å². The zero-order valence-corrected chi connectivity index (χ0v) is 16.0. The first-order valence-corrected chi connectivity index (χ1v) is 9.15. The number of carbonyl (C=O) groups excluding carboxylic acids is 1. The van der Waals surface area contributed by atoms with Crippen LogP contribution in [0, 0.1) is 18.3 Å². The molecule has 0 radical (unpaired) electrons. The second kappa shape index (κ2) is 9.25. The van der Waals surface area contributed by atoms with Gasteiger partial charge in [-0.1, -0.05) is 60.7 Å². The van der Waals surface area contributed by atoms with Crippen LogP contribution in [0.3, 0.4) is 0 Å². The summed E-state index contributed by atoms with van der Waals surface area (Å²) in [5.41, 5.74) is 3.30. The Labute approximate surface area is 169 Å². The predicted octanol–water partition coefficient (Wildman–Crippen LogP) is 4.43. The minimum Gasteiger partial charge on any atom is -0.508 e. The Morgan fingerprint density at radius 1 is 1.00 bits per heavy atom. The first-order valence-electron chi connectivity index (χ1n) is 9.15. The van der Waals surface area contributed by atoms with Gasteiger partial charge in [0.25, 0.3) is 5.91 Å². The van der Waals surface area contributed by atoms with E-state index in [1.807, 2.05) is 73.7 Å². The van der Waals surface area contributed by atoms with Crippen LogP contribution in [0.1, 0.15) is 22.7 Å². The number of amides is 1.